The SMILES string of the molecule is CCc1nn(C)cc1NS(=O)(=O)c1cc(C(=O)O)n(C)c1. The molecule has 114 valence electrons. The third kappa shape index (κ3) is 2.92. The van der Waals surface area contributed by atoms with Gasteiger partial charge in [0.05, 0.1) is 11.4 Å². The van der Waals surface area contributed by atoms with E-state index in [0.29, 0.717) is 17.8 Å². The second-order valence-electron chi connectivity index (χ2n) is 4.60. The van der Waals surface area contributed by atoms with Crippen LogP contribution >= 0.6 is 0 Å². The van der Waals surface area contributed by atoms with Crippen molar-refractivity contribution >= 4 is 21.7 Å². The van der Waals surface area contributed by atoms with Crippen LogP contribution in [0.5, 0.6) is 0 Å². The van der Waals surface area contributed by atoms with Crippen LogP contribution in [-0.4, -0.2) is 33.8 Å². The number of anilines is 1. The minimum Gasteiger partial charge on any atom is -0.477 e. The number of carboxylic acid groups (broad SMARTS) is 1. The normalized spacial score (nSPS) is 11.6. The zero-order valence-corrected chi connectivity index (χ0v) is 12.7. The van der Waals surface area contributed by atoms with Gasteiger partial charge in [-0.05, 0) is 12.5 Å². The zero-order chi connectivity index (χ0) is 15.8. The Balaban J connectivity index is 2.38. The standard InChI is InChI=1S/C12H16N4O4S/c1-4-9-10(7-16(3)13-9)14-21(19,20)8-5-11(12(17)18)15(2)6-8/h5-7,14H,4H2,1-3H3,(H,17,18). The summed E-state index contributed by atoms with van der Waals surface area (Å²) in [7, 11) is -0.683. The van der Waals surface area contributed by atoms with Gasteiger partial charge in [-0.3, -0.25) is 9.40 Å². The first-order chi connectivity index (χ1) is 9.74. The average Bonchev–Trinajstić information content (AvgIpc) is 2.92. The molecule has 2 rings (SSSR count). The number of hydrogen-bond donors (Lipinski definition) is 2. The highest BCUT2D eigenvalue weighted by molar-refractivity contribution is 7.92. The van der Waals surface area contributed by atoms with Crippen molar-refractivity contribution in [2.24, 2.45) is 14.1 Å². The van der Waals surface area contributed by atoms with E-state index in [-0.39, 0.29) is 10.6 Å². The van der Waals surface area contributed by atoms with Crippen LogP contribution in [0.25, 0.3) is 0 Å². The van der Waals surface area contributed by atoms with E-state index in [1.165, 1.54) is 22.5 Å². The van der Waals surface area contributed by atoms with E-state index in [1.54, 1.807) is 13.2 Å². The minimum atomic E-state index is -3.86. The number of hydrogen-bond acceptors (Lipinski definition) is 4. The van der Waals surface area contributed by atoms with Gasteiger partial charge in [0.2, 0.25) is 0 Å². The molecule has 0 atom stereocenters. The number of aryl methyl sites for hydroxylation is 3. The van der Waals surface area contributed by atoms with Crippen LogP contribution in [0.2, 0.25) is 0 Å². The van der Waals surface area contributed by atoms with E-state index >= 15 is 0 Å². The predicted octanol–water partition coefficient (Wildman–Crippen LogP) is 0.820. The van der Waals surface area contributed by atoms with Crippen molar-refractivity contribution in [3.05, 3.63) is 29.8 Å². The van der Waals surface area contributed by atoms with Gasteiger partial charge in [-0.25, -0.2) is 13.2 Å². The summed E-state index contributed by atoms with van der Waals surface area (Å²) in [6, 6.07) is 1.12. The Morgan fingerprint density at radius 2 is 2.05 bits per heavy atom. The molecule has 21 heavy (non-hydrogen) atoms. The molecule has 0 aliphatic rings. The molecule has 2 aromatic heterocycles. The summed E-state index contributed by atoms with van der Waals surface area (Å²) in [5.41, 5.74) is 0.911. The van der Waals surface area contributed by atoms with Gasteiger partial charge in [0.1, 0.15) is 10.6 Å². The summed E-state index contributed by atoms with van der Waals surface area (Å²) in [6.45, 7) is 1.87. The monoisotopic (exact) mass is 312 g/mol. The summed E-state index contributed by atoms with van der Waals surface area (Å²) in [5, 5.41) is 13.1. The van der Waals surface area contributed by atoms with Crippen LogP contribution in [0.1, 0.15) is 23.1 Å². The molecule has 0 aromatic carbocycles. The van der Waals surface area contributed by atoms with E-state index in [0.717, 1.165) is 6.07 Å². The lowest BCUT2D eigenvalue weighted by molar-refractivity contribution is 0.0686. The van der Waals surface area contributed by atoms with Gasteiger partial charge < -0.3 is 9.67 Å². The first-order valence-corrected chi connectivity index (χ1v) is 7.68. The molecule has 0 saturated carbocycles. The van der Waals surface area contributed by atoms with Gasteiger partial charge in [-0.1, -0.05) is 6.92 Å². The molecule has 0 unspecified atom stereocenters. The molecule has 0 fully saturated rings. The average molecular weight is 312 g/mol. The smallest absolute Gasteiger partial charge is 0.352 e. The number of aromatic carboxylic acids is 1. The fraction of sp³-hybridized carbons (Fsp3) is 0.333. The van der Waals surface area contributed by atoms with Crippen molar-refractivity contribution in [3.63, 3.8) is 0 Å². The van der Waals surface area contributed by atoms with Crippen LogP contribution in [0.15, 0.2) is 23.4 Å². The molecule has 2 aromatic rings. The molecule has 0 aliphatic heterocycles. The van der Waals surface area contributed by atoms with E-state index in [9.17, 15) is 13.2 Å². The second-order valence-corrected chi connectivity index (χ2v) is 6.28. The van der Waals surface area contributed by atoms with Crippen molar-refractivity contribution in [2.45, 2.75) is 18.2 Å². The first-order valence-electron chi connectivity index (χ1n) is 6.19. The Morgan fingerprint density at radius 3 is 2.57 bits per heavy atom. The molecule has 8 nitrogen and oxygen atoms in total. The number of rotatable bonds is 5. The molecule has 2 heterocycles. The maximum absolute atomic E-state index is 12.3. The fourth-order valence-corrected chi connectivity index (χ4v) is 3.12. The Labute approximate surface area is 122 Å². The maximum Gasteiger partial charge on any atom is 0.352 e. The van der Waals surface area contributed by atoms with Crippen LogP contribution < -0.4 is 4.72 Å². The largest absolute Gasteiger partial charge is 0.477 e. The van der Waals surface area contributed by atoms with Gasteiger partial charge in [0.15, 0.2) is 0 Å². The van der Waals surface area contributed by atoms with Gasteiger partial charge >= 0.3 is 5.97 Å². The van der Waals surface area contributed by atoms with Crippen LogP contribution in [-0.2, 0) is 30.5 Å². The molecule has 0 saturated heterocycles. The Kier molecular flexibility index (Phi) is 3.77. The maximum atomic E-state index is 12.3. The molecular weight excluding hydrogens is 296 g/mol. The molecule has 0 bridgehead atoms. The quantitative estimate of drug-likeness (QED) is 0.850. The Hall–Kier alpha value is -2.29. The lowest BCUT2D eigenvalue weighted by atomic mass is 10.3. The summed E-state index contributed by atoms with van der Waals surface area (Å²) in [4.78, 5) is 10.9. The second kappa shape index (κ2) is 5.24. The number of carboxylic acids is 1. The number of sulfonamides is 1. The molecule has 0 amide bonds. The third-order valence-electron chi connectivity index (χ3n) is 2.99. The van der Waals surface area contributed by atoms with Gasteiger partial charge in [-0.15, -0.1) is 0 Å². The molecule has 0 radical (unpaired) electrons. The lowest BCUT2D eigenvalue weighted by Crippen LogP contribution is -2.13. The van der Waals surface area contributed by atoms with Gasteiger partial charge in [0.25, 0.3) is 10.0 Å². The highest BCUT2D eigenvalue weighted by atomic mass is 32.2. The van der Waals surface area contributed by atoms with Crippen LogP contribution in [0, 0.1) is 0 Å². The van der Waals surface area contributed by atoms with Crippen LogP contribution in [0.3, 0.4) is 0 Å². The molecule has 9 heteroatoms. The molecule has 0 aliphatic carbocycles. The highest BCUT2D eigenvalue weighted by Crippen LogP contribution is 2.21. The predicted molar refractivity (Wildman–Crippen MR) is 75.8 cm³/mol. The molecule has 0 spiro atoms. The van der Waals surface area contributed by atoms with E-state index in [2.05, 4.69) is 9.82 Å². The van der Waals surface area contributed by atoms with Crippen molar-refractivity contribution < 1.29 is 18.3 Å². The fourth-order valence-electron chi connectivity index (χ4n) is 1.98. The van der Waals surface area contributed by atoms with Crippen LogP contribution in [0.4, 0.5) is 5.69 Å². The first kappa shape index (κ1) is 15.1. The van der Waals surface area contributed by atoms with Crippen molar-refractivity contribution in [2.75, 3.05) is 4.72 Å². The number of nitrogens with one attached hydrogen (secondary N) is 1. The number of aromatic nitrogens is 3. The number of carbonyl (C=O) groups is 1. The minimum absolute atomic E-state index is 0.0997. The summed E-state index contributed by atoms with van der Waals surface area (Å²) in [5.74, 6) is -1.19. The highest BCUT2D eigenvalue weighted by Gasteiger charge is 2.22. The summed E-state index contributed by atoms with van der Waals surface area (Å²) >= 11 is 0. The van der Waals surface area contributed by atoms with Crippen molar-refractivity contribution in [3.8, 4) is 0 Å². The van der Waals surface area contributed by atoms with Gasteiger partial charge in [0, 0.05) is 26.5 Å². The molecular formula is C12H16N4O4S. The molecule has 2 N–H and O–H groups in total. The summed E-state index contributed by atoms with van der Waals surface area (Å²) < 4.78 is 29.8. The van der Waals surface area contributed by atoms with Crippen molar-refractivity contribution in [1.29, 1.82) is 0 Å². The Morgan fingerprint density at radius 1 is 1.38 bits per heavy atom. The van der Waals surface area contributed by atoms with Gasteiger partial charge in [-0.2, -0.15) is 5.10 Å². The van der Waals surface area contributed by atoms with Crippen molar-refractivity contribution in [1.82, 2.24) is 14.3 Å². The van der Waals surface area contributed by atoms with E-state index in [1.807, 2.05) is 6.92 Å². The Bertz CT molecular complexity index is 788. The lowest BCUT2D eigenvalue weighted by Gasteiger charge is -2.05. The summed E-state index contributed by atoms with van der Waals surface area (Å²) in [6.07, 6.45) is 3.40. The van der Waals surface area contributed by atoms with E-state index < -0.39 is 16.0 Å². The topological polar surface area (TPSA) is 106 Å². The zero-order valence-electron chi connectivity index (χ0n) is 11.9. The number of nitrogens with zero attached hydrogens (tertiary/aromatic N) is 3. The van der Waals surface area contributed by atoms with E-state index in [4.69, 9.17) is 5.11 Å². The third-order valence-corrected chi connectivity index (χ3v) is 4.33.